The van der Waals surface area contributed by atoms with Crippen molar-refractivity contribution in [3.8, 4) is 0 Å². The molecule has 102 valence electrons. The summed E-state index contributed by atoms with van der Waals surface area (Å²) in [7, 11) is 0. The van der Waals surface area contributed by atoms with Crippen LogP contribution >= 0.6 is 0 Å². The molecule has 2 aromatic heterocycles. The highest BCUT2D eigenvalue weighted by Gasteiger charge is 2.21. The van der Waals surface area contributed by atoms with Crippen LogP contribution in [-0.2, 0) is 17.6 Å². The van der Waals surface area contributed by atoms with Crippen LogP contribution in [0.25, 0.3) is 0 Å². The zero-order chi connectivity index (χ0) is 13.1. The van der Waals surface area contributed by atoms with Gasteiger partial charge < -0.3 is 20.0 Å². The SMILES string of the molecule is N[C@H](Cc1cnc[nH]1)c1nc(CC2CCOC2)no1. The molecule has 7 nitrogen and oxygen atoms in total. The third-order valence-corrected chi connectivity index (χ3v) is 3.29. The van der Waals surface area contributed by atoms with Gasteiger partial charge in [-0.2, -0.15) is 4.98 Å². The molecule has 0 aromatic carbocycles. The number of nitrogens with two attached hydrogens (primary N) is 1. The second-order valence-electron chi connectivity index (χ2n) is 4.87. The molecule has 2 aromatic rings. The van der Waals surface area contributed by atoms with Gasteiger partial charge in [0.15, 0.2) is 5.82 Å². The van der Waals surface area contributed by atoms with Crippen LogP contribution in [-0.4, -0.2) is 33.3 Å². The number of hydrogen-bond acceptors (Lipinski definition) is 6. The molecule has 0 spiro atoms. The molecule has 0 amide bonds. The van der Waals surface area contributed by atoms with Crippen LogP contribution in [0, 0.1) is 5.92 Å². The lowest BCUT2D eigenvalue weighted by Crippen LogP contribution is -2.14. The summed E-state index contributed by atoms with van der Waals surface area (Å²) in [6, 6.07) is -0.304. The summed E-state index contributed by atoms with van der Waals surface area (Å²) in [4.78, 5) is 11.3. The van der Waals surface area contributed by atoms with Gasteiger partial charge >= 0.3 is 0 Å². The van der Waals surface area contributed by atoms with E-state index in [1.54, 1.807) is 12.5 Å². The van der Waals surface area contributed by atoms with Crippen molar-refractivity contribution in [2.24, 2.45) is 11.7 Å². The Morgan fingerprint density at radius 1 is 1.53 bits per heavy atom. The number of nitrogens with zero attached hydrogens (tertiary/aromatic N) is 3. The molecule has 1 saturated heterocycles. The van der Waals surface area contributed by atoms with Crippen molar-refractivity contribution < 1.29 is 9.26 Å². The van der Waals surface area contributed by atoms with E-state index in [9.17, 15) is 0 Å². The summed E-state index contributed by atoms with van der Waals surface area (Å²) in [5.74, 6) is 1.68. The van der Waals surface area contributed by atoms with Crippen molar-refractivity contribution in [1.82, 2.24) is 20.1 Å². The fourth-order valence-electron chi connectivity index (χ4n) is 2.22. The predicted molar refractivity (Wildman–Crippen MR) is 66.1 cm³/mol. The molecule has 1 aliphatic heterocycles. The molecule has 1 fully saturated rings. The van der Waals surface area contributed by atoms with Gasteiger partial charge in [-0.25, -0.2) is 4.98 Å². The highest BCUT2D eigenvalue weighted by Crippen LogP contribution is 2.18. The first kappa shape index (κ1) is 12.3. The topological polar surface area (TPSA) is 103 Å². The van der Waals surface area contributed by atoms with E-state index in [0.717, 1.165) is 31.7 Å². The third kappa shape index (κ3) is 2.99. The molecule has 2 atom stereocenters. The van der Waals surface area contributed by atoms with E-state index in [1.165, 1.54) is 0 Å². The Morgan fingerprint density at radius 2 is 2.47 bits per heavy atom. The van der Waals surface area contributed by atoms with Crippen molar-refractivity contribution in [1.29, 1.82) is 0 Å². The molecule has 0 bridgehead atoms. The highest BCUT2D eigenvalue weighted by atomic mass is 16.5. The van der Waals surface area contributed by atoms with Gasteiger partial charge in [0.25, 0.3) is 0 Å². The first-order chi connectivity index (χ1) is 9.31. The molecule has 7 heteroatoms. The number of H-pyrrole nitrogens is 1. The number of rotatable bonds is 5. The number of aromatic nitrogens is 4. The normalized spacial score (nSPS) is 20.8. The van der Waals surface area contributed by atoms with Crippen molar-refractivity contribution in [2.75, 3.05) is 13.2 Å². The molecule has 19 heavy (non-hydrogen) atoms. The fraction of sp³-hybridized carbons (Fsp3) is 0.583. The Labute approximate surface area is 110 Å². The van der Waals surface area contributed by atoms with Crippen LogP contribution < -0.4 is 5.73 Å². The van der Waals surface area contributed by atoms with Crippen LogP contribution in [0.1, 0.15) is 29.9 Å². The van der Waals surface area contributed by atoms with Crippen molar-refractivity contribution in [3.63, 3.8) is 0 Å². The maximum Gasteiger partial charge on any atom is 0.243 e. The first-order valence-electron chi connectivity index (χ1n) is 6.44. The first-order valence-corrected chi connectivity index (χ1v) is 6.44. The molecule has 3 rings (SSSR count). The molecule has 0 aliphatic carbocycles. The molecule has 0 saturated carbocycles. The Morgan fingerprint density at radius 3 is 3.21 bits per heavy atom. The van der Waals surface area contributed by atoms with E-state index in [0.29, 0.717) is 24.1 Å². The molecular formula is C12H17N5O2. The van der Waals surface area contributed by atoms with E-state index in [1.807, 2.05) is 0 Å². The van der Waals surface area contributed by atoms with E-state index >= 15 is 0 Å². The van der Waals surface area contributed by atoms with Crippen LogP contribution in [0.4, 0.5) is 0 Å². The lowest BCUT2D eigenvalue weighted by atomic mass is 10.1. The minimum absolute atomic E-state index is 0.304. The van der Waals surface area contributed by atoms with Crippen molar-refractivity contribution in [2.45, 2.75) is 25.3 Å². The van der Waals surface area contributed by atoms with Crippen LogP contribution in [0.2, 0.25) is 0 Å². The van der Waals surface area contributed by atoms with E-state index in [4.69, 9.17) is 15.0 Å². The van der Waals surface area contributed by atoms with Gasteiger partial charge in [0.05, 0.1) is 12.4 Å². The molecule has 1 aliphatic rings. The summed E-state index contributed by atoms with van der Waals surface area (Å²) in [6.45, 7) is 1.61. The lowest BCUT2D eigenvalue weighted by molar-refractivity contribution is 0.185. The summed E-state index contributed by atoms with van der Waals surface area (Å²) in [6.07, 6.45) is 5.83. The second-order valence-corrected chi connectivity index (χ2v) is 4.87. The Balaban J connectivity index is 1.60. The average Bonchev–Trinajstić information content (AvgIpc) is 3.10. The standard InChI is InChI=1S/C12H17N5O2/c13-10(4-9-5-14-7-15-9)12-16-11(17-19-12)3-8-1-2-18-6-8/h5,7-8,10H,1-4,6,13H2,(H,14,15)/t8?,10-/m1/s1. The minimum Gasteiger partial charge on any atom is -0.381 e. The fourth-order valence-corrected chi connectivity index (χ4v) is 2.22. The quantitative estimate of drug-likeness (QED) is 0.819. The highest BCUT2D eigenvalue weighted by molar-refractivity contribution is 5.02. The number of hydrogen-bond donors (Lipinski definition) is 2. The molecular weight excluding hydrogens is 246 g/mol. The van der Waals surface area contributed by atoms with Crippen LogP contribution in [0.5, 0.6) is 0 Å². The zero-order valence-corrected chi connectivity index (χ0v) is 10.6. The van der Waals surface area contributed by atoms with E-state index < -0.39 is 0 Å². The Bertz CT molecular complexity index is 504. The molecule has 0 radical (unpaired) electrons. The number of ether oxygens (including phenoxy) is 1. The van der Waals surface area contributed by atoms with E-state index in [-0.39, 0.29) is 6.04 Å². The van der Waals surface area contributed by atoms with Gasteiger partial charge in [-0.05, 0) is 12.3 Å². The zero-order valence-electron chi connectivity index (χ0n) is 10.6. The largest absolute Gasteiger partial charge is 0.381 e. The third-order valence-electron chi connectivity index (χ3n) is 3.29. The van der Waals surface area contributed by atoms with Crippen LogP contribution in [0.15, 0.2) is 17.0 Å². The maximum atomic E-state index is 6.04. The van der Waals surface area contributed by atoms with E-state index in [2.05, 4.69) is 20.1 Å². The minimum atomic E-state index is -0.304. The van der Waals surface area contributed by atoms with Crippen molar-refractivity contribution in [3.05, 3.63) is 29.9 Å². The molecule has 3 N–H and O–H groups in total. The van der Waals surface area contributed by atoms with Crippen molar-refractivity contribution >= 4 is 0 Å². The van der Waals surface area contributed by atoms with Gasteiger partial charge in [-0.3, -0.25) is 0 Å². The maximum absolute atomic E-state index is 6.04. The summed E-state index contributed by atoms with van der Waals surface area (Å²) >= 11 is 0. The lowest BCUT2D eigenvalue weighted by Gasteiger charge is -2.04. The monoisotopic (exact) mass is 263 g/mol. The Hall–Kier alpha value is -1.73. The second kappa shape index (κ2) is 5.50. The predicted octanol–water partition coefficient (Wildman–Crippen LogP) is 0.614. The summed E-state index contributed by atoms with van der Waals surface area (Å²) < 4.78 is 10.6. The Kier molecular flexibility index (Phi) is 3.56. The van der Waals surface area contributed by atoms with Gasteiger partial charge in [0.2, 0.25) is 5.89 Å². The molecule has 1 unspecified atom stereocenters. The summed E-state index contributed by atoms with van der Waals surface area (Å²) in [5, 5.41) is 3.98. The smallest absolute Gasteiger partial charge is 0.243 e. The van der Waals surface area contributed by atoms with Crippen LogP contribution in [0.3, 0.4) is 0 Å². The molecule has 3 heterocycles. The van der Waals surface area contributed by atoms with Gasteiger partial charge in [-0.15, -0.1) is 0 Å². The average molecular weight is 263 g/mol. The van der Waals surface area contributed by atoms with Gasteiger partial charge in [0.1, 0.15) is 0 Å². The van der Waals surface area contributed by atoms with Gasteiger partial charge in [-0.1, -0.05) is 5.16 Å². The number of nitrogens with one attached hydrogen (secondary N) is 1. The van der Waals surface area contributed by atoms with Gasteiger partial charge in [0, 0.05) is 37.9 Å². The number of aromatic amines is 1. The summed E-state index contributed by atoms with van der Waals surface area (Å²) in [5.41, 5.74) is 6.99. The number of imidazole rings is 1.